The lowest BCUT2D eigenvalue weighted by atomic mass is 10.0. The SMILES string of the molecule is CCCCCCC(CCCCC)OC(=O)c1cccc(Cl)c1F. The molecule has 0 amide bonds. The molecule has 130 valence electrons. The van der Waals surface area contributed by atoms with Crippen LogP contribution in [0, 0.1) is 5.82 Å². The van der Waals surface area contributed by atoms with Crippen LogP contribution in [0.15, 0.2) is 18.2 Å². The molecule has 0 bridgehead atoms. The number of hydrogen-bond donors (Lipinski definition) is 0. The molecule has 0 fully saturated rings. The number of carbonyl (C=O) groups excluding carboxylic acids is 1. The Bertz CT molecular complexity index is 476. The van der Waals surface area contributed by atoms with Gasteiger partial charge in [0.2, 0.25) is 0 Å². The van der Waals surface area contributed by atoms with E-state index in [0.717, 1.165) is 44.9 Å². The molecular weight excluding hydrogens is 315 g/mol. The highest BCUT2D eigenvalue weighted by atomic mass is 35.5. The van der Waals surface area contributed by atoms with Crippen molar-refractivity contribution < 1.29 is 13.9 Å². The molecule has 0 saturated heterocycles. The van der Waals surface area contributed by atoms with Crippen molar-refractivity contribution in [2.45, 2.75) is 77.7 Å². The van der Waals surface area contributed by atoms with Gasteiger partial charge in [-0.1, -0.05) is 63.6 Å². The Morgan fingerprint density at radius 1 is 1.09 bits per heavy atom. The molecule has 0 aliphatic rings. The Balaban J connectivity index is 2.62. The van der Waals surface area contributed by atoms with Gasteiger partial charge in [-0.05, 0) is 37.8 Å². The molecule has 1 unspecified atom stereocenters. The Morgan fingerprint density at radius 3 is 2.35 bits per heavy atom. The first-order valence-electron chi connectivity index (χ1n) is 8.75. The van der Waals surface area contributed by atoms with Gasteiger partial charge in [-0.15, -0.1) is 0 Å². The van der Waals surface area contributed by atoms with Crippen LogP contribution in [0.25, 0.3) is 0 Å². The van der Waals surface area contributed by atoms with Gasteiger partial charge in [0.1, 0.15) is 6.10 Å². The lowest BCUT2D eigenvalue weighted by Crippen LogP contribution is -2.19. The predicted molar refractivity (Wildman–Crippen MR) is 93.5 cm³/mol. The summed E-state index contributed by atoms with van der Waals surface area (Å²) in [7, 11) is 0. The number of unbranched alkanes of at least 4 members (excludes halogenated alkanes) is 5. The molecule has 2 nitrogen and oxygen atoms in total. The quantitative estimate of drug-likeness (QED) is 0.336. The van der Waals surface area contributed by atoms with Gasteiger partial charge in [0.25, 0.3) is 0 Å². The van der Waals surface area contributed by atoms with Gasteiger partial charge in [-0.3, -0.25) is 0 Å². The molecule has 0 radical (unpaired) electrons. The topological polar surface area (TPSA) is 26.3 Å². The fraction of sp³-hybridized carbons (Fsp3) is 0.632. The summed E-state index contributed by atoms with van der Waals surface area (Å²) in [6, 6.07) is 4.41. The van der Waals surface area contributed by atoms with Crippen LogP contribution in [0.2, 0.25) is 5.02 Å². The third-order valence-electron chi connectivity index (χ3n) is 3.95. The highest BCUT2D eigenvalue weighted by Crippen LogP contribution is 2.21. The molecule has 0 saturated carbocycles. The average molecular weight is 343 g/mol. The number of ether oxygens (including phenoxy) is 1. The van der Waals surface area contributed by atoms with E-state index in [2.05, 4.69) is 13.8 Å². The molecule has 4 heteroatoms. The molecule has 0 spiro atoms. The molecule has 0 aliphatic heterocycles. The summed E-state index contributed by atoms with van der Waals surface area (Å²) >= 11 is 5.73. The van der Waals surface area contributed by atoms with E-state index in [-0.39, 0.29) is 16.7 Å². The van der Waals surface area contributed by atoms with Crippen molar-refractivity contribution in [3.05, 3.63) is 34.6 Å². The van der Waals surface area contributed by atoms with Crippen molar-refractivity contribution in [3.63, 3.8) is 0 Å². The van der Waals surface area contributed by atoms with Crippen LogP contribution >= 0.6 is 11.6 Å². The number of rotatable bonds is 11. The lowest BCUT2D eigenvalue weighted by molar-refractivity contribution is 0.0244. The number of halogens is 2. The zero-order valence-corrected chi connectivity index (χ0v) is 15.0. The van der Waals surface area contributed by atoms with E-state index < -0.39 is 11.8 Å². The van der Waals surface area contributed by atoms with Crippen molar-refractivity contribution in [2.24, 2.45) is 0 Å². The van der Waals surface area contributed by atoms with Gasteiger partial charge in [0.05, 0.1) is 10.6 Å². The molecule has 0 N–H and O–H groups in total. The van der Waals surface area contributed by atoms with Crippen molar-refractivity contribution in [1.82, 2.24) is 0 Å². The molecule has 0 aliphatic carbocycles. The fourth-order valence-electron chi connectivity index (χ4n) is 2.56. The smallest absolute Gasteiger partial charge is 0.341 e. The monoisotopic (exact) mass is 342 g/mol. The van der Waals surface area contributed by atoms with Gasteiger partial charge in [-0.2, -0.15) is 0 Å². The largest absolute Gasteiger partial charge is 0.459 e. The first kappa shape index (κ1) is 20.0. The summed E-state index contributed by atoms with van der Waals surface area (Å²) in [6.07, 6.45) is 9.37. The maximum atomic E-state index is 13.9. The molecule has 0 aromatic heterocycles. The first-order chi connectivity index (χ1) is 11.1. The number of esters is 1. The zero-order chi connectivity index (χ0) is 17.1. The average Bonchev–Trinajstić information content (AvgIpc) is 2.54. The highest BCUT2D eigenvalue weighted by Gasteiger charge is 2.20. The lowest BCUT2D eigenvalue weighted by Gasteiger charge is -2.18. The van der Waals surface area contributed by atoms with Crippen LogP contribution in [0.3, 0.4) is 0 Å². The van der Waals surface area contributed by atoms with Crippen LogP contribution in [-0.4, -0.2) is 12.1 Å². The summed E-state index contributed by atoms with van der Waals surface area (Å²) in [5.41, 5.74) is -0.0773. The standard InChI is InChI=1S/C19H28ClFO2/c1-3-5-7-9-12-15(11-8-6-4-2)23-19(22)16-13-10-14-17(20)18(16)21/h10,13-15H,3-9,11-12H2,1-2H3. The van der Waals surface area contributed by atoms with E-state index in [0.29, 0.717) is 0 Å². The molecule has 23 heavy (non-hydrogen) atoms. The van der Waals surface area contributed by atoms with Gasteiger partial charge < -0.3 is 4.74 Å². The van der Waals surface area contributed by atoms with Gasteiger partial charge in [-0.25, -0.2) is 9.18 Å². The molecule has 1 rings (SSSR count). The molecule has 1 aromatic carbocycles. The van der Waals surface area contributed by atoms with E-state index in [4.69, 9.17) is 16.3 Å². The van der Waals surface area contributed by atoms with Crippen molar-refractivity contribution in [3.8, 4) is 0 Å². The Kier molecular flexibility index (Phi) is 9.93. The van der Waals surface area contributed by atoms with Crippen LogP contribution in [0.5, 0.6) is 0 Å². The summed E-state index contributed by atoms with van der Waals surface area (Å²) in [5, 5.41) is -0.0510. The van der Waals surface area contributed by atoms with Gasteiger partial charge in [0.15, 0.2) is 5.82 Å². The fourth-order valence-corrected chi connectivity index (χ4v) is 2.73. The Morgan fingerprint density at radius 2 is 1.70 bits per heavy atom. The highest BCUT2D eigenvalue weighted by molar-refractivity contribution is 6.31. The summed E-state index contributed by atoms with van der Waals surface area (Å²) in [4.78, 5) is 12.2. The van der Waals surface area contributed by atoms with E-state index >= 15 is 0 Å². The van der Waals surface area contributed by atoms with Crippen LogP contribution in [0.1, 0.15) is 82.0 Å². The normalized spacial score (nSPS) is 12.2. The minimum Gasteiger partial charge on any atom is -0.459 e. The second-order valence-electron chi connectivity index (χ2n) is 5.97. The van der Waals surface area contributed by atoms with Crippen LogP contribution in [0.4, 0.5) is 4.39 Å². The van der Waals surface area contributed by atoms with Gasteiger partial charge in [0, 0.05) is 0 Å². The summed E-state index contributed by atoms with van der Waals surface area (Å²) < 4.78 is 19.5. The van der Waals surface area contributed by atoms with E-state index in [1.807, 2.05) is 0 Å². The third kappa shape index (κ3) is 7.34. The zero-order valence-electron chi connectivity index (χ0n) is 14.2. The second kappa shape index (κ2) is 11.4. The summed E-state index contributed by atoms with van der Waals surface area (Å²) in [6.45, 7) is 4.31. The third-order valence-corrected chi connectivity index (χ3v) is 4.25. The Labute approximate surface area is 144 Å². The maximum absolute atomic E-state index is 13.9. The number of hydrogen-bond acceptors (Lipinski definition) is 2. The van der Waals surface area contributed by atoms with Crippen molar-refractivity contribution in [2.75, 3.05) is 0 Å². The maximum Gasteiger partial charge on any atom is 0.341 e. The summed E-state index contributed by atoms with van der Waals surface area (Å²) in [5.74, 6) is -1.31. The second-order valence-corrected chi connectivity index (χ2v) is 6.38. The van der Waals surface area contributed by atoms with Crippen molar-refractivity contribution >= 4 is 17.6 Å². The van der Waals surface area contributed by atoms with E-state index in [1.54, 1.807) is 6.07 Å². The van der Waals surface area contributed by atoms with Crippen molar-refractivity contribution in [1.29, 1.82) is 0 Å². The molecular formula is C19H28ClFO2. The van der Waals surface area contributed by atoms with Crippen LogP contribution in [-0.2, 0) is 4.74 Å². The molecule has 0 heterocycles. The molecule has 1 aromatic rings. The van der Waals surface area contributed by atoms with E-state index in [1.165, 1.54) is 25.0 Å². The van der Waals surface area contributed by atoms with Gasteiger partial charge >= 0.3 is 5.97 Å². The minimum atomic E-state index is -0.697. The Hall–Kier alpha value is -1.09. The number of carbonyl (C=O) groups is 1. The minimum absolute atomic E-state index is 0.0510. The van der Waals surface area contributed by atoms with Crippen LogP contribution < -0.4 is 0 Å². The first-order valence-corrected chi connectivity index (χ1v) is 9.12. The number of benzene rings is 1. The van der Waals surface area contributed by atoms with E-state index in [9.17, 15) is 9.18 Å². The predicted octanol–water partition coefficient (Wildman–Crippen LogP) is 6.56. The molecule has 1 atom stereocenters.